The highest BCUT2D eigenvalue weighted by atomic mass is 32.2. The second kappa shape index (κ2) is 4.08. The van der Waals surface area contributed by atoms with Gasteiger partial charge in [-0.2, -0.15) is 16.7 Å². The number of aromatic amines is 1. The van der Waals surface area contributed by atoms with Crippen LogP contribution in [0.15, 0.2) is 0 Å². The largest absolute Gasteiger partial charge is 0.368 e. The molecule has 0 spiro atoms. The van der Waals surface area contributed by atoms with Crippen molar-refractivity contribution >= 4 is 23.7 Å². The fraction of sp³-hybridized carbons (Fsp3) is 0.750. The molecular formula is C8H15N5S. The molecular weight excluding hydrogens is 198 g/mol. The van der Waals surface area contributed by atoms with E-state index in [0.29, 0.717) is 11.9 Å². The Balaban J connectivity index is 2.08. The molecule has 2 rings (SSSR count). The van der Waals surface area contributed by atoms with Gasteiger partial charge in [0.15, 0.2) is 0 Å². The highest BCUT2D eigenvalue weighted by molar-refractivity contribution is 7.99. The third-order valence-electron chi connectivity index (χ3n) is 2.21. The Morgan fingerprint density at radius 2 is 2.50 bits per heavy atom. The van der Waals surface area contributed by atoms with Gasteiger partial charge in [0.25, 0.3) is 0 Å². The van der Waals surface area contributed by atoms with Gasteiger partial charge in [-0.25, -0.2) is 5.10 Å². The molecule has 14 heavy (non-hydrogen) atoms. The highest BCUT2D eigenvalue weighted by Crippen LogP contribution is 2.18. The van der Waals surface area contributed by atoms with Gasteiger partial charge in [0.2, 0.25) is 11.9 Å². The second-order valence-corrected chi connectivity index (χ2v) is 4.80. The van der Waals surface area contributed by atoms with E-state index in [1.807, 2.05) is 11.8 Å². The molecule has 1 saturated heterocycles. The van der Waals surface area contributed by atoms with Crippen molar-refractivity contribution in [3.63, 3.8) is 0 Å². The quantitative estimate of drug-likeness (QED) is 0.714. The van der Waals surface area contributed by atoms with Crippen LogP contribution in [0.2, 0.25) is 0 Å². The van der Waals surface area contributed by atoms with E-state index >= 15 is 0 Å². The number of hydrogen-bond acceptors (Lipinski definition) is 5. The Hall–Kier alpha value is -0.910. The lowest BCUT2D eigenvalue weighted by atomic mass is 10.2. The maximum atomic E-state index is 5.50. The molecule has 0 saturated carbocycles. The van der Waals surface area contributed by atoms with Crippen LogP contribution in [0.25, 0.3) is 0 Å². The van der Waals surface area contributed by atoms with Crippen LogP contribution in [0.3, 0.4) is 0 Å². The number of nitrogens with two attached hydrogens (primary N) is 1. The number of aromatic nitrogens is 3. The minimum atomic E-state index is 0.393. The van der Waals surface area contributed by atoms with Gasteiger partial charge in [0.05, 0.1) is 0 Å². The fourth-order valence-corrected chi connectivity index (χ4v) is 2.59. The summed E-state index contributed by atoms with van der Waals surface area (Å²) in [6.07, 6.45) is 0. The SMILES string of the molecule is CC1CSCCN(c2n[nH]c(N)n2)C1. The molecule has 1 atom stereocenters. The number of hydrogen-bond donors (Lipinski definition) is 2. The number of nitrogen functional groups attached to an aromatic ring is 1. The lowest BCUT2D eigenvalue weighted by molar-refractivity contribution is 0.630. The van der Waals surface area contributed by atoms with Gasteiger partial charge in [0, 0.05) is 18.8 Å². The van der Waals surface area contributed by atoms with E-state index in [-0.39, 0.29) is 0 Å². The molecule has 2 heterocycles. The van der Waals surface area contributed by atoms with Crippen LogP contribution >= 0.6 is 11.8 Å². The first-order valence-corrected chi connectivity index (χ1v) is 5.92. The van der Waals surface area contributed by atoms with Crippen molar-refractivity contribution in [1.29, 1.82) is 0 Å². The molecule has 1 aromatic heterocycles. The van der Waals surface area contributed by atoms with E-state index in [1.165, 1.54) is 5.75 Å². The van der Waals surface area contributed by atoms with E-state index in [2.05, 4.69) is 27.0 Å². The van der Waals surface area contributed by atoms with Crippen LogP contribution in [0, 0.1) is 5.92 Å². The van der Waals surface area contributed by atoms with Crippen LogP contribution in [0.5, 0.6) is 0 Å². The Labute approximate surface area is 87.5 Å². The summed E-state index contributed by atoms with van der Waals surface area (Å²) < 4.78 is 0. The number of nitrogens with one attached hydrogen (secondary N) is 1. The fourth-order valence-electron chi connectivity index (χ4n) is 1.57. The standard InChI is InChI=1S/C8H15N5S/c1-6-4-13(2-3-14-5-6)8-10-7(9)11-12-8/h6H,2-5H2,1H3,(H3,9,10,11,12). The zero-order chi connectivity index (χ0) is 9.97. The zero-order valence-corrected chi connectivity index (χ0v) is 9.05. The Morgan fingerprint density at radius 1 is 1.64 bits per heavy atom. The van der Waals surface area contributed by atoms with Crippen molar-refractivity contribution in [2.75, 3.05) is 35.2 Å². The summed E-state index contributed by atoms with van der Waals surface area (Å²) in [5.41, 5.74) is 5.50. The van der Waals surface area contributed by atoms with Crippen molar-refractivity contribution < 1.29 is 0 Å². The van der Waals surface area contributed by atoms with Gasteiger partial charge >= 0.3 is 0 Å². The molecule has 78 valence electrons. The summed E-state index contributed by atoms with van der Waals surface area (Å²) in [6.45, 7) is 4.28. The molecule has 1 unspecified atom stereocenters. The first kappa shape index (κ1) is 9.64. The molecule has 0 bridgehead atoms. The molecule has 0 amide bonds. The third kappa shape index (κ3) is 2.12. The molecule has 6 heteroatoms. The first-order valence-electron chi connectivity index (χ1n) is 4.76. The van der Waals surface area contributed by atoms with Gasteiger partial charge < -0.3 is 10.6 Å². The number of H-pyrrole nitrogens is 1. The molecule has 0 aliphatic carbocycles. The van der Waals surface area contributed by atoms with Crippen LogP contribution in [0.1, 0.15) is 6.92 Å². The van der Waals surface area contributed by atoms with Gasteiger partial charge in [-0.05, 0) is 11.7 Å². The van der Waals surface area contributed by atoms with Crippen molar-refractivity contribution in [3.05, 3.63) is 0 Å². The van der Waals surface area contributed by atoms with Crippen LogP contribution in [0.4, 0.5) is 11.9 Å². The van der Waals surface area contributed by atoms with E-state index in [1.54, 1.807) is 0 Å². The van der Waals surface area contributed by atoms with Gasteiger partial charge in [-0.15, -0.1) is 5.10 Å². The van der Waals surface area contributed by atoms with Crippen molar-refractivity contribution in [2.24, 2.45) is 5.92 Å². The molecule has 3 N–H and O–H groups in total. The molecule has 0 aromatic carbocycles. The molecule has 1 aromatic rings. The number of anilines is 2. The maximum absolute atomic E-state index is 5.50. The van der Waals surface area contributed by atoms with Gasteiger partial charge in [-0.1, -0.05) is 6.92 Å². The minimum absolute atomic E-state index is 0.393. The summed E-state index contributed by atoms with van der Waals surface area (Å²) >= 11 is 1.99. The summed E-state index contributed by atoms with van der Waals surface area (Å²) in [5, 5.41) is 6.74. The van der Waals surface area contributed by atoms with Crippen LogP contribution in [-0.2, 0) is 0 Å². The van der Waals surface area contributed by atoms with E-state index in [9.17, 15) is 0 Å². The Morgan fingerprint density at radius 3 is 3.21 bits per heavy atom. The molecule has 1 fully saturated rings. The number of nitrogens with zero attached hydrogens (tertiary/aromatic N) is 3. The molecule has 0 radical (unpaired) electrons. The van der Waals surface area contributed by atoms with Gasteiger partial charge in [-0.3, -0.25) is 0 Å². The van der Waals surface area contributed by atoms with E-state index < -0.39 is 0 Å². The lowest BCUT2D eigenvalue weighted by Crippen LogP contribution is -2.29. The highest BCUT2D eigenvalue weighted by Gasteiger charge is 2.17. The third-order valence-corrected chi connectivity index (χ3v) is 3.49. The summed E-state index contributed by atoms with van der Waals surface area (Å²) in [4.78, 5) is 6.33. The lowest BCUT2D eigenvalue weighted by Gasteiger charge is -2.19. The van der Waals surface area contributed by atoms with E-state index in [4.69, 9.17) is 5.73 Å². The van der Waals surface area contributed by atoms with Crippen LogP contribution < -0.4 is 10.6 Å². The summed E-state index contributed by atoms with van der Waals surface area (Å²) in [6, 6.07) is 0. The van der Waals surface area contributed by atoms with Crippen molar-refractivity contribution in [1.82, 2.24) is 15.2 Å². The molecule has 5 nitrogen and oxygen atoms in total. The van der Waals surface area contributed by atoms with Crippen molar-refractivity contribution in [2.45, 2.75) is 6.92 Å². The van der Waals surface area contributed by atoms with Crippen molar-refractivity contribution in [3.8, 4) is 0 Å². The average molecular weight is 213 g/mol. The molecule has 1 aliphatic rings. The number of rotatable bonds is 1. The number of thioether (sulfide) groups is 1. The first-order chi connectivity index (χ1) is 6.75. The Bertz CT molecular complexity index is 300. The average Bonchev–Trinajstić information content (AvgIpc) is 2.45. The monoisotopic (exact) mass is 213 g/mol. The summed E-state index contributed by atoms with van der Waals surface area (Å²) in [5.74, 6) is 4.17. The van der Waals surface area contributed by atoms with Crippen LogP contribution in [-0.4, -0.2) is 39.8 Å². The Kier molecular flexibility index (Phi) is 2.81. The predicted octanol–water partition coefficient (Wildman–Crippen LogP) is 0.576. The zero-order valence-electron chi connectivity index (χ0n) is 8.23. The van der Waals surface area contributed by atoms with Gasteiger partial charge in [0.1, 0.15) is 0 Å². The van der Waals surface area contributed by atoms with E-state index in [0.717, 1.165) is 24.8 Å². The maximum Gasteiger partial charge on any atom is 0.246 e. The molecule has 1 aliphatic heterocycles. The normalized spacial score (nSPS) is 23.5. The minimum Gasteiger partial charge on any atom is -0.368 e. The smallest absolute Gasteiger partial charge is 0.246 e. The topological polar surface area (TPSA) is 70.8 Å². The summed E-state index contributed by atoms with van der Waals surface area (Å²) in [7, 11) is 0. The predicted molar refractivity (Wildman–Crippen MR) is 59.5 cm³/mol. The second-order valence-electron chi connectivity index (χ2n) is 3.65.